The van der Waals surface area contributed by atoms with Gasteiger partial charge >= 0.3 is 24.0 Å². The van der Waals surface area contributed by atoms with Crippen LogP contribution >= 0.6 is 0 Å². The molecule has 0 radical (unpaired) electrons. The summed E-state index contributed by atoms with van der Waals surface area (Å²) in [5.41, 5.74) is -7.28. The fourth-order valence-corrected chi connectivity index (χ4v) is 11.5. The van der Waals surface area contributed by atoms with Crippen molar-refractivity contribution in [2.75, 3.05) is 13.2 Å². The fraction of sp³-hybridized carbons (Fsp3) is 0.667. The Balaban J connectivity index is 1.38. The van der Waals surface area contributed by atoms with Crippen LogP contribution in [0.15, 0.2) is 66.3 Å². The van der Waals surface area contributed by atoms with Crippen LogP contribution in [0, 0.1) is 34.5 Å². The molecule has 6 N–H and O–H groups in total. The molecule has 7 rings (SSSR count). The normalized spacial score (nSPS) is 39.4. The standard InChI is InChI=1S/C48H65NO16/c1-24-14-13-17-28(19-18-24)40(55)62-39-37-46(9,31(53)20-32-47(37,23-59-32)64-26(3)51)38-36(61-42(63-38)29(52)22-50)33-25(2)30(21-48(39,58)45(33,7)8)60-41(56)35(54)34(27-15-11-10-12-16-27)49-43(57)65-44(4,5)6/h10-19,24-25,29-39,42,50,52-54,58H,20-23H2,1-9H3,(H,49,57)/t24-,25?,29?,30-,31-,32?,33?,34-,35+,36+,37-,38+,39-,42?,46+,47-,48+/m0/s1. The van der Waals surface area contributed by atoms with Gasteiger partial charge in [0.25, 0.3) is 0 Å². The van der Waals surface area contributed by atoms with Crippen molar-refractivity contribution in [3.05, 3.63) is 71.8 Å². The van der Waals surface area contributed by atoms with Gasteiger partial charge in [-0.15, -0.1) is 0 Å². The van der Waals surface area contributed by atoms with Gasteiger partial charge in [-0.3, -0.25) is 4.79 Å². The molecule has 17 atom stereocenters. The molecule has 1 aromatic rings. The number of aliphatic hydroxyl groups is 5. The number of aliphatic hydroxyl groups excluding tert-OH is 4. The Morgan fingerprint density at radius 3 is 2.31 bits per heavy atom. The van der Waals surface area contributed by atoms with E-state index >= 15 is 0 Å². The van der Waals surface area contributed by atoms with Crippen molar-refractivity contribution in [1.82, 2.24) is 5.32 Å². The Labute approximate surface area is 379 Å². The highest BCUT2D eigenvalue weighted by Crippen LogP contribution is 2.68. The van der Waals surface area contributed by atoms with Crippen molar-refractivity contribution < 1.29 is 77.9 Å². The molecule has 4 aliphatic carbocycles. The second-order valence-electron chi connectivity index (χ2n) is 20.5. The minimum atomic E-state index is -2.24. The van der Waals surface area contributed by atoms with Crippen LogP contribution < -0.4 is 5.32 Å². The van der Waals surface area contributed by atoms with Crippen molar-refractivity contribution in [3.63, 3.8) is 0 Å². The first-order chi connectivity index (χ1) is 30.4. The predicted molar refractivity (Wildman–Crippen MR) is 229 cm³/mol. The van der Waals surface area contributed by atoms with Gasteiger partial charge in [-0.05, 0) is 44.2 Å². The number of nitrogens with one attached hydrogen (secondary N) is 1. The number of fused-ring (bicyclic) bond motifs is 8. The Morgan fingerprint density at radius 1 is 1.00 bits per heavy atom. The molecule has 6 aliphatic rings. The van der Waals surface area contributed by atoms with Gasteiger partial charge in [-0.25, -0.2) is 14.4 Å². The molecule has 2 bridgehead atoms. The van der Waals surface area contributed by atoms with Crippen LogP contribution in [0.25, 0.3) is 0 Å². The van der Waals surface area contributed by atoms with Gasteiger partial charge in [0.2, 0.25) is 0 Å². The highest BCUT2D eigenvalue weighted by atomic mass is 16.7. The number of carbonyl (C=O) groups is 4. The van der Waals surface area contributed by atoms with E-state index in [9.17, 15) is 44.7 Å². The molecule has 2 heterocycles. The lowest BCUT2D eigenvalue weighted by Crippen LogP contribution is -2.83. The molecule has 65 heavy (non-hydrogen) atoms. The lowest BCUT2D eigenvalue weighted by Gasteiger charge is -2.70. The van der Waals surface area contributed by atoms with E-state index in [1.54, 1.807) is 103 Å². The van der Waals surface area contributed by atoms with E-state index in [0.29, 0.717) is 5.56 Å². The lowest BCUT2D eigenvalue weighted by atomic mass is 9.42. The Kier molecular flexibility index (Phi) is 13.3. The average Bonchev–Trinajstić information content (AvgIpc) is 3.54. The minimum absolute atomic E-state index is 0.0242. The molecule has 2 saturated heterocycles. The van der Waals surface area contributed by atoms with Crippen LogP contribution in [-0.4, -0.2) is 135 Å². The van der Waals surface area contributed by atoms with E-state index < -0.39 is 144 Å². The minimum Gasteiger partial charge on any atom is -0.460 e. The maximum atomic E-state index is 14.7. The largest absolute Gasteiger partial charge is 0.460 e. The highest BCUT2D eigenvalue weighted by Gasteiger charge is 2.80. The van der Waals surface area contributed by atoms with Crippen molar-refractivity contribution >= 4 is 24.0 Å². The van der Waals surface area contributed by atoms with E-state index in [1.165, 1.54) is 6.92 Å². The molecule has 3 saturated carbocycles. The van der Waals surface area contributed by atoms with Crippen molar-refractivity contribution in [2.24, 2.45) is 34.5 Å². The van der Waals surface area contributed by atoms with E-state index in [4.69, 9.17) is 33.2 Å². The summed E-state index contributed by atoms with van der Waals surface area (Å²) in [6, 6.07) is 6.93. The number of hydrogen-bond acceptors (Lipinski definition) is 16. The quantitative estimate of drug-likeness (QED) is 0.146. The van der Waals surface area contributed by atoms with Crippen LogP contribution in [0.5, 0.6) is 0 Å². The number of rotatable bonds is 10. The molecular formula is C48H65NO16. The number of esters is 3. The van der Waals surface area contributed by atoms with E-state index in [0.717, 1.165) is 0 Å². The van der Waals surface area contributed by atoms with Crippen molar-refractivity contribution in [3.8, 4) is 0 Å². The predicted octanol–water partition coefficient (Wildman–Crippen LogP) is 3.10. The molecule has 0 spiro atoms. The molecule has 0 aromatic heterocycles. The number of benzene rings is 1. The number of amides is 1. The average molecular weight is 912 g/mol. The number of carbonyl (C=O) groups excluding carboxylic acids is 4. The topological polar surface area (TPSA) is 246 Å². The van der Waals surface area contributed by atoms with Gasteiger partial charge in [0.1, 0.15) is 35.6 Å². The summed E-state index contributed by atoms with van der Waals surface area (Å²) in [4.78, 5) is 55.4. The molecular weight excluding hydrogens is 847 g/mol. The van der Waals surface area contributed by atoms with Crippen LogP contribution in [0.2, 0.25) is 0 Å². The zero-order chi connectivity index (χ0) is 47.6. The monoisotopic (exact) mass is 911 g/mol. The van der Waals surface area contributed by atoms with Crippen LogP contribution in [0.3, 0.4) is 0 Å². The van der Waals surface area contributed by atoms with E-state index in [1.807, 2.05) is 13.0 Å². The van der Waals surface area contributed by atoms with Crippen LogP contribution in [0.4, 0.5) is 4.79 Å². The highest BCUT2D eigenvalue weighted by molar-refractivity contribution is 5.92. The molecule has 17 heteroatoms. The van der Waals surface area contributed by atoms with E-state index in [2.05, 4.69) is 5.32 Å². The summed E-state index contributed by atoms with van der Waals surface area (Å²) < 4.78 is 43.8. The van der Waals surface area contributed by atoms with Gasteiger partial charge in [0.15, 0.2) is 18.0 Å². The molecule has 2 aliphatic heterocycles. The summed E-state index contributed by atoms with van der Waals surface area (Å²) in [6.45, 7) is 14.1. The first-order valence-corrected chi connectivity index (χ1v) is 22.4. The number of hydrogen-bond donors (Lipinski definition) is 6. The number of allylic oxidation sites excluding steroid dienone is 4. The van der Waals surface area contributed by atoms with Gasteiger partial charge in [-0.1, -0.05) is 89.3 Å². The molecule has 5 unspecified atom stereocenters. The van der Waals surface area contributed by atoms with Gasteiger partial charge in [0, 0.05) is 36.5 Å². The molecule has 17 nitrogen and oxygen atoms in total. The fourth-order valence-electron chi connectivity index (χ4n) is 11.5. The smallest absolute Gasteiger partial charge is 0.408 e. The second kappa shape index (κ2) is 17.8. The first kappa shape index (κ1) is 48.7. The third-order valence-corrected chi connectivity index (χ3v) is 14.9. The Morgan fingerprint density at radius 2 is 1.69 bits per heavy atom. The zero-order valence-corrected chi connectivity index (χ0v) is 38.4. The first-order valence-electron chi connectivity index (χ1n) is 22.4. The third-order valence-electron chi connectivity index (χ3n) is 14.9. The van der Waals surface area contributed by atoms with Gasteiger partial charge in [0.05, 0.1) is 49.1 Å². The Hall–Kier alpha value is -4.20. The number of ether oxygens (including phenoxy) is 7. The van der Waals surface area contributed by atoms with Crippen LogP contribution in [-0.2, 0) is 47.5 Å². The lowest BCUT2D eigenvalue weighted by molar-refractivity contribution is -0.374. The van der Waals surface area contributed by atoms with E-state index in [-0.39, 0.29) is 24.5 Å². The van der Waals surface area contributed by atoms with Crippen molar-refractivity contribution in [1.29, 1.82) is 0 Å². The zero-order valence-electron chi connectivity index (χ0n) is 38.4. The number of alkyl carbamates (subject to hydrolysis) is 1. The summed E-state index contributed by atoms with van der Waals surface area (Å²) in [5.74, 6) is -5.73. The van der Waals surface area contributed by atoms with Gasteiger partial charge in [-0.2, -0.15) is 0 Å². The second-order valence-corrected chi connectivity index (χ2v) is 20.5. The summed E-state index contributed by atoms with van der Waals surface area (Å²) in [6.07, 6.45) is -5.38. The third kappa shape index (κ3) is 8.56. The maximum absolute atomic E-state index is 14.7. The summed E-state index contributed by atoms with van der Waals surface area (Å²) in [5, 5.41) is 62.0. The van der Waals surface area contributed by atoms with Gasteiger partial charge < -0.3 is 64.0 Å². The summed E-state index contributed by atoms with van der Waals surface area (Å²) in [7, 11) is 0. The molecule has 5 fully saturated rings. The van der Waals surface area contributed by atoms with Crippen molar-refractivity contribution in [2.45, 2.75) is 153 Å². The molecule has 1 aromatic carbocycles. The molecule has 1 amide bonds. The Bertz CT molecular complexity index is 2070. The maximum Gasteiger partial charge on any atom is 0.408 e. The molecule has 358 valence electrons. The van der Waals surface area contributed by atoms with Crippen LogP contribution in [0.1, 0.15) is 86.8 Å². The SMILES string of the molecule is CC(=O)O[C@@]12COC1C[C@H](O)[C@@]1(C)[C@@H]3OC(C(O)CO)O[C@@H]3C3C(C)[C@@H](OC(=O)[C@H](O)[C@@H](NC(=O)OC(C)(C)C)c4ccccc4)C[C@@](O)([C@@H](OC(=O)C4=CC=C[C@H](C)C=C4)[C@@H]12)C3(C)C. The summed E-state index contributed by atoms with van der Waals surface area (Å²) >= 11 is 0.